The molecule has 1 aliphatic carbocycles. The van der Waals surface area contributed by atoms with Gasteiger partial charge in [0.25, 0.3) is 0 Å². The molecule has 5 aromatic carbocycles. The summed E-state index contributed by atoms with van der Waals surface area (Å²) in [5.74, 6) is 1.56. The molecule has 1 fully saturated rings. The van der Waals surface area contributed by atoms with Crippen LogP contribution in [0.3, 0.4) is 0 Å². The maximum Gasteiger partial charge on any atom is 5.00 e. The first kappa shape index (κ1) is 36.3. The van der Waals surface area contributed by atoms with Gasteiger partial charge in [-0.2, -0.15) is 24.3 Å². The summed E-state index contributed by atoms with van der Waals surface area (Å²) in [6.45, 7) is 0. The third-order valence-corrected chi connectivity index (χ3v) is 10.6. The fourth-order valence-corrected chi connectivity index (χ4v) is 7.84. The quantitative estimate of drug-likeness (QED) is 0.129. The van der Waals surface area contributed by atoms with Crippen LogP contribution in [0.15, 0.2) is 127 Å². The van der Waals surface area contributed by atoms with E-state index in [1.54, 1.807) is 0 Å². The van der Waals surface area contributed by atoms with Gasteiger partial charge < -0.3 is 32.4 Å². The normalized spacial score (nSPS) is 13.1. The number of hydrogen-bond donors (Lipinski definition) is 0. The van der Waals surface area contributed by atoms with E-state index < -0.39 is 0 Å². The molecule has 0 unspecified atom stereocenters. The molecule has 1 saturated carbocycles. The third kappa shape index (κ3) is 7.04. The van der Waals surface area contributed by atoms with Crippen molar-refractivity contribution >= 4 is 33.1 Å². The van der Waals surface area contributed by atoms with E-state index in [-0.39, 0.29) is 19.8 Å². The standard InChI is InChI=1S/C25H24N3.C22H17N4.Os/c1-27-18-28(24-15-9-8-14-23(24)27)25-17-21(19-10-4-2-5-11-19)16-22(26-25)20-12-6-3-7-13-20;1-23-15-25(21-12-5-3-10-19(21)23)17-8-7-9-18(14-17)26-16-24(2)20-11-4-6-13-22(20)26;/h3,6-9,12,14-17,19H,2,4-5,10-11H2,1H3;3-13H,1-2H3;/q2*-1;+5. The first-order valence-corrected chi connectivity index (χ1v) is 18.7. The van der Waals surface area contributed by atoms with Gasteiger partial charge in [0.1, 0.15) is 5.82 Å². The van der Waals surface area contributed by atoms with E-state index in [1.165, 1.54) is 37.7 Å². The molecule has 1 radical (unpaired) electrons. The van der Waals surface area contributed by atoms with E-state index in [2.05, 4.69) is 121 Å². The molecule has 1 aliphatic rings. The van der Waals surface area contributed by atoms with Crippen molar-refractivity contribution in [1.82, 2.24) is 18.7 Å². The molecule has 7 nitrogen and oxygen atoms in total. The van der Waals surface area contributed by atoms with E-state index in [0.717, 1.165) is 61.6 Å². The fourth-order valence-electron chi connectivity index (χ4n) is 7.84. The Balaban J connectivity index is 0.000000153. The topological polar surface area (TPSA) is 39.3 Å². The Morgan fingerprint density at radius 3 is 1.62 bits per heavy atom. The van der Waals surface area contributed by atoms with Crippen molar-refractivity contribution in [3.8, 4) is 28.5 Å². The van der Waals surface area contributed by atoms with Crippen molar-refractivity contribution < 1.29 is 33.5 Å². The van der Waals surface area contributed by atoms with Crippen LogP contribution >= 0.6 is 0 Å². The molecule has 0 atom stereocenters. The molecule has 10 rings (SSSR count). The van der Waals surface area contributed by atoms with Crippen molar-refractivity contribution in [2.75, 3.05) is 0 Å². The zero-order valence-corrected chi connectivity index (χ0v) is 33.8. The summed E-state index contributed by atoms with van der Waals surface area (Å²) in [7, 11) is 6.06. The molecule has 9 aromatic rings. The first-order chi connectivity index (χ1) is 26.5. The molecular formula is C47H41N7Os+3. The Hall–Kier alpha value is -5.70. The predicted molar refractivity (Wildman–Crippen MR) is 210 cm³/mol. The van der Waals surface area contributed by atoms with E-state index >= 15 is 0 Å². The van der Waals surface area contributed by atoms with Crippen molar-refractivity contribution in [2.24, 2.45) is 21.1 Å². The molecule has 0 spiro atoms. The van der Waals surface area contributed by atoms with Crippen LogP contribution in [0.25, 0.3) is 61.6 Å². The molecule has 0 N–H and O–H groups in total. The van der Waals surface area contributed by atoms with Crippen LogP contribution in [0, 0.1) is 31.1 Å². The van der Waals surface area contributed by atoms with Gasteiger partial charge in [-0.05, 0) is 30.5 Å². The Morgan fingerprint density at radius 1 is 0.564 bits per heavy atom. The van der Waals surface area contributed by atoms with Gasteiger partial charge in [0.2, 0.25) is 19.0 Å². The monoisotopic (exact) mass is 895 g/mol. The number of aryl methyl sites for hydroxylation is 3. The number of nitrogens with zero attached hydrogens (tertiary/aromatic N) is 7. The molecule has 0 aliphatic heterocycles. The van der Waals surface area contributed by atoms with Crippen LogP contribution < -0.4 is 13.7 Å². The second-order valence-electron chi connectivity index (χ2n) is 14.1. The van der Waals surface area contributed by atoms with Gasteiger partial charge in [-0.1, -0.05) is 115 Å². The summed E-state index contributed by atoms with van der Waals surface area (Å²) in [5, 5.41) is 0. The molecule has 55 heavy (non-hydrogen) atoms. The van der Waals surface area contributed by atoms with Crippen LogP contribution in [0.5, 0.6) is 0 Å². The summed E-state index contributed by atoms with van der Waals surface area (Å²) in [4.78, 5) is 5.02. The van der Waals surface area contributed by atoms with Gasteiger partial charge in [-0.15, -0.1) is 35.9 Å². The van der Waals surface area contributed by atoms with Crippen molar-refractivity contribution in [3.05, 3.63) is 164 Å². The minimum atomic E-state index is 0. The molecular weight excluding hydrogens is 853 g/mol. The van der Waals surface area contributed by atoms with Gasteiger partial charge in [-0.25, -0.2) is 0 Å². The Bertz CT molecular complexity index is 2660. The van der Waals surface area contributed by atoms with Gasteiger partial charge >= 0.3 is 19.8 Å². The minimum Gasteiger partial charge on any atom is -0.342 e. The second kappa shape index (κ2) is 15.6. The predicted octanol–water partition coefficient (Wildman–Crippen LogP) is 7.79. The molecule has 0 saturated heterocycles. The maximum absolute atomic E-state index is 5.02. The maximum atomic E-state index is 5.02. The molecule has 269 valence electrons. The molecule has 4 aromatic heterocycles. The second-order valence-corrected chi connectivity index (χ2v) is 14.1. The van der Waals surface area contributed by atoms with E-state index in [1.807, 2.05) is 86.4 Å². The average molecular weight is 894 g/mol. The smallest absolute Gasteiger partial charge is 0.342 e. The molecule has 4 heterocycles. The van der Waals surface area contributed by atoms with Gasteiger partial charge in [0.05, 0.1) is 54.2 Å². The van der Waals surface area contributed by atoms with Crippen molar-refractivity contribution in [2.45, 2.75) is 38.0 Å². The van der Waals surface area contributed by atoms with Crippen LogP contribution in [0.4, 0.5) is 0 Å². The summed E-state index contributed by atoms with van der Waals surface area (Å²) < 4.78 is 12.2. The fraction of sp³-hybridized carbons (Fsp3) is 0.191. The number of aromatic nitrogens is 7. The van der Waals surface area contributed by atoms with Gasteiger partial charge in [0.15, 0.2) is 0 Å². The van der Waals surface area contributed by atoms with E-state index in [9.17, 15) is 0 Å². The van der Waals surface area contributed by atoms with E-state index in [0.29, 0.717) is 5.92 Å². The first-order valence-electron chi connectivity index (χ1n) is 18.7. The van der Waals surface area contributed by atoms with Crippen LogP contribution in [-0.2, 0) is 40.9 Å². The number of pyridine rings is 1. The van der Waals surface area contributed by atoms with Gasteiger partial charge in [-0.3, -0.25) is 0 Å². The number of benzene rings is 5. The number of para-hydroxylation sites is 6. The van der Waals surface area contributed by atoms with Gasteiger partial charge in [0, 0.05) is 0 Å². The number of fused-ring (bicyclic) bond motifs is 3. The Kier molecular flexibility index (Phi) is 10.3. The Labute approximate surface area is 335 Å². The summed E-state index contributed by atoms with van der Waals surface area (Å²) in [6.07, 6.45) is 16.7. The number of hydrogen-bond acceptors (Lipinski definition) is 1. The minimum absolute atomic E-state index is 0. The zero-order chi connectivity index (χ0) is 36.6. The van der Waals surface area contributed by atoms with Crippen molar-refractivity contribution in [1.29, 1.82) is 0 Å². The summed E-state index contributed by atoms with van der Waals surface area (Å²) in [5.41, 5.74) is 12.1. The number of rotatable bonds is 5. The van der Waals surface area contributed by atoms with Crippen LogP contribution in [0.1, 0.15) is 43.6 Å². The molecule has 0 amide bonds. The molecule has 8 heteroatoms. The van der Waals surface area contributed by atoms with Crippen LogP contribution in [0.2, 0.25) is 0 Å². The average Bonchev–Trinajstić information content (AvgIpc) is 3.89. The summed E-state index contributed by atoms with van der Waals surface area (Å²) >= 11 is 0. The largest absolute Gasteiger partial charge is 5.00 e. The Morgan fingerprint density at radius 2 is 1.07 bits per heavy atom. The molecule has 0 bridgehead atoms. The van der Waals surface area contributed by atoms with Crippen molar-refractivity contribution in [3.63, 3.8) is 0 Å². The van der Waals surface area contributed by atoms with E-state index in [4.69, 9.17) is 4.98 Å². The third-order valence-electron chi connectivity index (χ3n) is 10.6. The number of imidazole rings is 3. The summed E-state index contributed by atoms with van der Waals surface area (Å²) in [6, 6.07) is 50.6. The SMILES string of the molecule is C[n+]1[c-]n(-c2[c-]c(-n3[c-][n+](C)c4ccccc43)ccc2)c2ccccc21.C[n+]1[c-]n(-c2cc(C3CCCCC3)cc(-c3[c-]cccc3)n2)c2ccccc21.[Os+5]. The van der Waals surface area contributed by atoms with Crippen LogP contribution in [-0.4, -0.2) is 18.7 Å². The zero-order valence-electron chi connectivity index (χ0n) is 31.2.